The van der Waals surface area contributed by atoms with Crippen LogP contribution in [0.2, 0.25) is 5.02 Å². The monoisotopic (exact) mass is 503 g/mol. The summed E-state index contributed by atoms with van der Waals surface area (Å²) < 4.78 is 19.0. The molecule has 2 aromatic heterocycles. The van der Waals surface area contributed by atoms with Gasteiger partial charge in [0.15, 0.2) is 0 Å². The van der Waals surface area contributed by atoms with Crippen LogP contribution in [0.5, 0.6) is 0 Å². The zero-order chi connectivity index (χ0) is 24.2. The number of carboxylic acids is 1. The van der Waals surface area contributed by atoms with Gasteiger partial charge >= 0.3 is 5.97 Å². The number of aromatic amines is 1. The molecule has 1 aromatic carbocycles. The van der Waals surface area contributed by atoms with Gasteiger partial charge in [0, 0.05) is 12.1 Å². The molecule has 1 aliphatic rings. The Morgan fingerprint density at radius 3 is 2.88 bits per heavy atom. The molecule has 0 bridgehead atoms. The van der Waals surface area contributed by atoms with E-state index in [1.807, 2.05) is 6.08 Å². The number of aliphatic carboxylic acids is 1. The number of hydrogen-bond donors (Lipinski definition) is 3. The molecule has 3 aromatic rings. The molecule has 0 spiro atoms. The van der Waals surface area contributed by atoms with Crippen LogP contribution >= 0.6 is 22.9 Å². The molecule has 176 valence electrons. The Hall–Kier alpha value is -3.34. The second kappa shape index (κ2) is 10.3. The number of allylic oxidation sites excluding steroid dienone is 1. The number of benzene rings is 1. The van der Waals surface area contributed by atoms with Crippen LogP contribution in [0, 0.1) is 11.7 Å². The summed E-state index contributed by atoms with van der Waals surface area (Å²) in [4.78, 5) is 43.2. The van der Waals surface area contributed by atoms with Gasteiger partial charge in [0.05, 0.1) is 29.5 Å². The fourth-order valence-electron chi connectivity index (χ4n) is 3.37. The summed E-state index contributed by atoms with van der Waals surface area (Å²) in [5.41, 5.74) is 1.65. The molecule has 3 N–H and O–H groups in total. The first-order valence-electron chi connectivity index (χ1n) is 10.2. The lowest BCUT2D eigenvalue weighted by molar-refractivity contribution is -0.140. The third kappa shape index (κ3) is 5.41. The van der Waals surface area contributed by atoms with Crippen molar-refractivity contribution < 1.29 is 23.8 Å². The Morgan fingerprint density at radius 1 is 1.35 bits per heavy atom. The minimum absolute atomic E-state index is 0.0479. The molecule has 0 saturated heterocycles. The number of carbonyl (C=O) groups excluding carboxylic acids is 1. The van der Waals surface area contributed by atoms with Crippen LogP contribution in [0.25, 0.3) is 10.2 Å². The van der Waals surface area contributed by atoms with Gasteiger partial charge in [-0.25, -0.2) is 9.37 Å². The maximum atomic E-state index is 13.3. The summed E-state index contributed by atoms with van der Waals surface area (Å²) in [5, 5.41) is 13.7. The Balaban J connectivity index is 1.38. The molecule has 1 unspecified atom stereocenters. The standard InChI is InChI=1S/C23H19ClFN3O5S/c24-16-7-13(3-6-17(16)25)8-26-21(30)19-27-20(29)18-15(11-34-22(18)28-19)10-33-9-12-1-4-14(5-2-12)23(31)32/h1-4,6-7,11,14H,5,8-10H2,(H,26,30)(H,31,32)(H,27,28,29). The van der Waals surface area contributed by atoms with Gasteiger partial charge < -0.3 is 20.1 Å². The predicted molar refractivity (Wildman–Crippen MR) is 125 cm³/mol. The van der Waals surface area contributed by atoms with Crippen LogP contribution in [-0.2, 0) is 22.7 Å². The van der Waals surface area contributed by atoms with Gasteiger partial charge in [-0.3, -0.25) is 14.4 Å². The molecule has 0 fully saturated rings. The van der Waals surface area contributed by atoms with Crippen LogP contribution < -0.4 is 10.9 Å². The Morgan fingerprint density at radius 2 is 2.18 bits per heavy atom. The van der Waals surface area contributed by atoms with Gasteiger partial charge in [-0.15, -0.1) is 11.3 Å². The first-order chi connectivity index (χ1) is 16.3. The summed E-state index contributed by atoms with van der Waals surface area (Å²) >= 11 is 6.97. The number of H-pyrrole nitrogens is 1. The molecule has 0 radical (unpaired) electrons. The second-order valence-electron chi connectivity index (χ2n) is 7.60. The van der Waals surface area contributed by atoms with Crippen molar-refractivity contribution in [2.75, 3.05) is 6.61 Å². The van der Waals surface area contributed by atoms with E-state index >= 15 is 0 Å². The van der Waals surface area contributed by atoms with Crippen molar-refractivity contribution in [3.05, 3.63) is 85.5 Å². The average Bonchev–Trinajstić information content (AvgIpc) is 3.23. The Bertz CT molecular complexity index is 1380. The quantitative estimate of drug-likeness (QED) is 0.430. The summed E-state index contributed by atoms with van der Waals surface area (Å²) in [6.07, 6.45) is 5.60. The molecule has 1 atom stereocenters. The van der Waals surface area contributed by atoms with Crippen molar-refractivity contribution in [1.29, 1.82) is 0 Å². The number of aromatic nitrogens is 2. The SMILES string of the molecule is O=C(NCc1ccc(F)c(Cl)c1)c1nc2scc(COCC3=CCC(C(=O)O)C=C3)c2c(=O)[nH]1. The lowest BCUT2D eigenvalue weighted by Crippen LogP contribution is -2.27. The van der Waals surface area contributed by atoms with E-state index in [4.69, 9.17) is 21.4 Å². The molecular formula is C23H19ClFN3O5S. The number of nitrogens with one attached hydrogen (secondary N) is 2. The summed E-state index contributed by atoms with van der Waals surface area (Å²) in [5.74, 6) is -2.65. The average molecular weight is 504 g/mol. The lowest BCUT2D eigenvalue weighted by atomic mass is 9.97. The predicted octanol–water partition coefficient (Wildman–Crippen LogP) is 3.81. The number of ether oxygens (including phenoxy) is 1. The van der Waals surface area contributed by atoms with Crippen LogP contribution in [0.3, 0.4) is 0 Å². The molecule has 1 amide bonds. The van der Waals surface area contributed by atoms with Crippen molar-refractivity contribution >= 4 is 45.0 Å². The van der Waals surface area contributed by atoms with Crippen molar-refractivity contribution in [1.82, 2.24) is 15.3 Å². The number of hydrogen-bond acceptors (Lipinski definition) is 6. The molecule has 11 heteroatoms. The fourth-order valence-corrected chi connectivity index (χ4v) is 4.50. The largest absolute Gasteiger partial charge is 0.481 e. The lowest BCUT2D eigenvalue weighted by Gasteiger charge is -2.12. The highest BCUT2D eigenvalue weighted by Gasteiger charge is 2.17. The van der Waals surface area contributed by atoms with Gasteiger partial charge in [0.2, 0.25) is 5.82 Å². The summed E-state index contributed by atoms with van der Waals surface area (Å²) in [6, 6.07) is 4.11. The molecule has 2 heterocycles. The number of carboxylic acid groups (broad SMARTS) is 1. The first kappa shape index (κ1) is 23.8. The van der Waals surface area contributed by atoms with Gasteiger partial charge in [-0.2, -0.15) is 0 Å². The number of carbonyl (C=O) groups is 2. The van der Waals surface area contributed by atoms with Gasteiger partial charge in [-0.1, -0.05) is 35.9 Å². The Labute approximate surface area is 201 Å². The molecule has 4 rings (SSSR count). The van der Waals surface area contributed by atoms with E-state index in [1.165, 1.54) is 29.5 Å². The normalized spacial score (nSPS) is 15.4. The number of rotatable bonds is 8. The zero-order valence-corrected chi connectivity index (χ0v) is 19.2. The third-order valence-corrected chi connectivity index (χ3v) is 6.40. The van der Waals surface area contributed by atoms with Crippen LogP contribution in [0.1, 0.15) is 28.2 Å². The highest BCUT2D eigenvalue weighted by molar-refractivity contribution is 7.16. The molecule has 1 aliphatic carbocycles. The molecule has 0 saturated carbocycles. The van der Waals surface area contributed by atoms with E-state index in [2.05, 4.69) is 15.3 Å². The number of amides is 1. The third-order valence-electron chi connectivity index (χ3n) is 5.19. The minimum Gasteiger partial charge on any atom is -0.481 e. The number of thiophene rings is 1. The second-order valence-corrected chi connectivity index (χ2v) is 8.86. The summed E-state index contributed by atoms with van der Waals surface area (Å²) in [7, 11) is 0. The van der Waals surface area contributed by atoms with E-state index in [0.29, 0.717) is 27.8 Å². The maximum absolute atomic E-state index is 13.3. The van der Waals surface area contributed by atoms with Crippen molar-refractivity contribution in [2.45, 2.75) is 19.6 Å². The van der Waals surface area contributed by atoms with Crippen molar-refractivity contribution in [3.8, 4) is 0 Å². The minimum atomic E-state index is -0.864. The first-order valence-corrected chi connectivity index (χ1v) is 11.5. The van der Waals surface area contributed by atoms with Crippen LogP contribution in [0.4, 0.5) is 4.39 Å². The van der Waals surface area contributed by atoms with E-state index in [9.17, 15) is 18.8 Å². The molecule has 34 heavy (non-hydrogen) atoms. The topological polar surface area (TPSA) is 121 Å². The van der Waals surface area contributed by atoms with Gasteiger partial charge in [0.25, 0.3) is 11.5 Å². The van der Waals surface area contributed by atoms with E-state index in [-0.39, 0.29) is 30.6 Å². The highest BCUT2D eigenvalue weighted by atomic mass is 35.5. The van der Waals surface area contributed by atoms with Crippen LogP contribution in [0.15, 0.2) is 52.2 Å². The Kier molecular flexibility index (Phi) is 7.20. The van der Waals surface area contributed by atoms with Crippen molar-refractivity contribution in [3.63, 3.8) is 0 Å². The van der Waals surface area contributed by atoms with E-state index in [1.54, 1.807) is 17.5 Å². The molecule has 0 aliphatic heterocycles. The molecular weight excluding hydrogens is 485 g/mol. The molecule has 8 nitrogen and oxygen atoms in total. The highest BCUT2D eigenvalue weighted by Crippen LogP contribution is 2.23. The van der Waals surface area contributed by atoms with Gasteiger partial charge in [-0.05, 0) is 35.1 Å². The summed E-state index contributed by atoms with van der Waals surface area (Å²) in [6.45, 7) is 0.524. The smallest absolute Gasteiger partial charge is 0.310 e. The number of nitrogens with zero attached hydrogens (tertiary/aromatic N) is 1. The zero-order valence-electron chi connectivity index (χ0n) is 17.6. The maximum Gasteiger partial charge on any atom is 0.310 e. The number of fused-ring (bicyclic) bond motifs is 1. The number of halogens is 2. The van der Waals surface area contributed by atoms with E-state index in [0.717, 1.165) is 5.57 Å². The van der Waals surface area contributed by atoms with Crippen molar-refractivity contribution in [2.24, 2.45) is 5.92 Å². The van der Waals surface area contributed by atoms with E-state index < -0.39 is 29.2 Å². The fraction of sp³-hybridized carbons (Fsp3) is 0.217. The van der Waals surface area contributed by atoms with Crippen LogP contribution in [-0.4, -0.2) is 33.6 Å². The van der Waals surface area contributed by atoms with Gasteiger partial charge in [0.1, 0.15) is 10.6 Å².